The van der Waals surface area contributed by atoms with Crippen molar-refractivity contribution >= 4 is 21.9 Å². The third-order valence-electron chi connectivity index (χ3n) is 2.72. The van der Waals surface area contributed by atoms with E-state index in [-0.39, 0.29) is 0 Å². The second kappa shape index (κ2) is 2.83. The maximum Gasteiger partial charge on any atom is 0.314 e. The SMILES string of the molecule is O=C(O)C1(c2cn[nH]c2Br)CCC1. The van der Waals surface area contributed by atoms with Gasteiger partial charge in [-0.15, -0.1) is 0 Å². The summed E-state index contributed by atoms with van der Waals surface area (Å²) < 4.78 is 0.689. The molecule has 0 saturated heterocycles. The number of carboxylic acid groups (broad SMARTS) is 1. The molecule has 0 amide bonds. The standard InChI is InChI=1S/C8H9BrN2O2/c9-6-5(4-10-11-6)8(7(12)13)2-1-3-8/h4H,1-3H2,(H,10,11)(H,12,13). The molecule has 1 aromatic rings. The molecule has 1 aliphatic rings. The van der Waals surface area contributed by atoms with Gasteiger partial charge in [-0.1, -0.05) is 6.42 Å². The van der Waals surface area contributed by atoms with Crippen molar-refractivity contribution in [3.05, 3.63) is 16.4 Å². The molecule has 0 atom stereocenters. The summed E-state index contributed by atoms with van der Waals surface area (Å²) in [6, 6.07) is 0. The van der Waals surface area contributed by atoms with Crippen LogP contribution >= 0.6 is 15.9 Å². The van der Waals surface area contributed by atoms with E-state index in [0.717, 1.165) is 12.0 Å². The van der Waals surface area contributed by atoms with Crippen molar-refractivity contribution in [2.24, 2.45) is 0 Å². The highest BCUT2D eigenvalue weighted by Crippen LogP contribution is 2.45. The fourth-order valence-corrected chi connectivity index (χ4v) is 2.32. The number of rotatable bonds is 2. The van der Waals surface area contributed by atoms with Crippen LogP contribution < -0.4 is 0 Å². The summed E-state index contributed by atoms with van der Waals surface area (Å²) in [6.07, 6.45) is 3.99. The molecule has 70 valence electrons. The number of hydrogen-bond donors (Lipinski definition) is 2. The number of hydrogen-bond acceptors (Lipinski definition) is 2. The van der Waals surface area contributed by atoms with Crippen LogP contribution in [0.4, 0.5) is 0 Å². The molecular formula is C8H9BrN2O2. The molecule has 0 radical (unpaired) electrons. The summed E-state index contributed by atoms with van der Waals surface area (Å²) in [4.78, 5) is 11.1. The van der Waals surface area contributed by atoms with E-state index in [2.05, 4.69) is 26.1 Å². The second-order valence-electron chi connectivity index (χ2n) is 3.34. The Bertz CT molecular complexity index is 344. The molecule has 2 N–H and O–H groups in total. The highest BCUT2D eigenvalue weighted by Gasteiger charge is 2.47. The molecule has 1 aliphatic carbocycles. The van der Waals surface area contributed by atoms with Gasteiger partial charge in [0.15, 0.2) is 0 Å². The molecule has 0 bridgehead atoms. The lowest BCUT2D eigenvalue weighted by Gasteiger charge is -2.37. The molecule has 1 heterocycles. The Balaban J connectivity index is 2.43. The summed E-state index contributed by atoms with van der Waals surface area (Å²) in [5.41, 5.74) is 0.0810. The quantitative estimate of drug-likeness (QED) is 0.832. The number of aromatic amines is 1. The summed E-state index contributed by atoms with van der Waals surface area (Å²) >= 11 is 3.26. The summed E-state index contributed by atoms with van der Waals surface area (Å²) in [5.74, 6) is -0.749. The van der Waals surface area contributed by atoms with Gasteiger partial charge in [0.2, 0.25) is 0 Å². The Morgan fingerprint density at radius 1 is 1.69 bits per heavy atom. The Hall–Kier alpha value is -0.840. The van der Waals surface area contributed by atoms with Crippen LogP contribution in [-0.4, -0.2) is 21.3 Å². The van der Waals surface area contributed by atoms with Crippen molar-refractivity contribution in [2.75, 3.05) is 0 Å². The van der Waals surface area contributed by atoms with Crippen LogP contribution in [0.15, 0.2) is 10.8 Å². The molecular weight excluding hydrogens is 236 g/mol. The number of aromatic nitrogens is 2. The van der Waals surface area contributed by atoms with Crippen molar-refractivity contribution in [3.63, 3.8) is 0 Å². The monoisotopic (exact) mass is 244 g/mol. The molecule has 1 aromatic heterocycles. The lowest BCUT2D eigenvalue weighted by atomic mass is 9.65. The van der Waals surface area contributed by atoms with E-state index < -0.39 is 11.4 Å². The average molecular weight is 245 g/mol. The number of nitrogens with one attached hydrogen (secondary N) is 1. The first-order valence-electron chi connectivity index (χ1n) is 4.09. The van der Waals surface area contributed by atoms with E-state index in [9.17, 15) is 4.79 Å². The Kier molecular flexibility index (Phi) is 1.91. The second-order valence-corrected chi connectivity index (χ2v) is 4.13. The van der Waals surface area contributed by atoms with Crippen molar-refractivity contribution in [3.8, 4) is 0 Å². The van der Waals surface area contributed by atoms with Crippen LogP contribution in [0.2, 0.25) is 0 Å². The zero-order valence-corrected chi connectivity index (χ0v) is 8.47. The van der Waals surface area contributed by atoms with Crippen LogP contribution in [0.3, 0.4) is 0 Å². The van der Waals surface area contributed by atoms with Crippen molar-refractivity contribution in [1.29, 1.82) is 0 Å². The van der Waals surface area contributed by atoms with Gasteiger partial charge >= 0.3 is 5.97 Å². The summed E-state index contributed by atoms with van der Waals surface area (Å²) in [7, 11) is 0. The molecule has 5 heteroatoms. The number of carbonyl (C=O) groups is 1. The smallest absolute Gasteiger partial charge is 0.314 e. The zero-order chi connectivity index (χ0) is 9.47. The van der Waals surface area contributed by atoms with Gasteiger partial charge in [0.05, 0.1) is 11.6 Å². The van der Waals surface area contributed by atoms with Gasteiger partial charge in [-0.05, 0) is 28.8 Å². The summed E-state index contributed by atoms with van der Waals surface area (Å²) in [5, 5.41) is 15.6. The minimum absolute atomic E-state index is 0.689. The van der Waals surface area contributed by atoms with Gasteiger partial charge in [-0.2, -0.15) is 5.10 Å². The fourth-order valence-electron chi connectivity index (χ4n) is 1.73. The topological polar surface area (TPSA) is 66.0 Å². The van der Waals surface area contributed by atoms with Crippen LogP contribution in [0.5, 0.6) is 0 Å². The Morgan fingerprint density at radius 2 is 2.38 bits per heavy atom. The number of H-pyrrole nitrogens is 1. The number of halogens is 1. The van der Waals surface area contributed by atoms with E-state index in [0.29, 0.717) is 17.4 Å². The van der Waals surface area contributed by atoms with Gasteiger partial charge in [0.25, 0.3) is 0 Å². The van der Waals surface area contributed by atoms with Crippen molar-refractivity contribution in [1.82, 2.24) is 10.2 Å². The van der Waals surface area contributed by atoms with Crippen LogP contribution in [0.1, 0.15) is 24.8 Å². The lowest BCUT2D eigenvalue weighted by molar-refractivity contribution is -0.147. The Labute approximate surface area is 83.5 Å². The van der Waals surface area contributed by atoms with Gasteiger partial charge in [-0.25, -0.2) is 0 Å². The molecule has 1 fully saturated rings. The first-order chi connectivity index (χ1) is 6.17. The maximum atomic E-state index is 11.1. The molecule has 4 nitrogen and oxygen atoms in total. The van der Waals surface area contributed by atoms with E-state index in [1.807, 2.05) is 0 Å². The van der Waals surface area contributed by atoms with Gasteiger partial charge in [-0.3, -0.25) is 9.89 Å². The number of aliphatic carboxylic acids is 1. The highest BCUT2D eigenvalue weighted by molar-refractivity contribution is 9.10. The highest BCUT2D eigenvalue weighted by atomic mass is 79.9. The number of carboxylic acids is 1. The molecule has 1 saturated carbocycles. The van der Waals surface area contributed by atoms with E-state index in [1.165, 1.54) is 0 Å². The normalized spacial score (nSPS) is 19.5. The van der Waals surface area contributed by atoms with Gasteiger partial charge < -0.3 is 5.11 Å². The molecule has 0 spiro atoms. The van der Waals surface area contributed by atoms with Crippen LogP contribution in [0, 0.1) is 0 Å². The molecule has 13 heavy (non-hydrogen) atoms. The van der Waals surface area contributed by atoms with Gasteiger partial charge in [0, 0.05) is 5.56 Å². The van der Waals surface area contributed by atoms with Crippen LogP contribution in [0.25, 0.3) is 0 Å². The average Bonchev–Trinajstić information content (AvgIpc) is 2.34. The molecule has 0 unspecified atom stereocenters. The third kappa shape index (κ3) is 1.10. The Morgan fingerprint density at radius 3 is 2.69 bits per heavy atom. The van der Waals surface area contributed by atoms with E-state index in [1.54, 1.807) is 6.20 Å². The zero-order valence-electron chi connectivity index (χ0n) is 6.88. The fraction of sp³-hybridized carbons (Fsp3) is 0.500. The van der Waals surface area contributed by atoms with E-state index >= 15 is 0 Å². The van der Waals surface area contributed by atoms with E-state index in [4.69, 9.17) is 5.11 Å². The maximum absolute atomic E-state index is 11.1. The first kappa shape index (κ1) is 8.74. The third-order valence-corrected chi connectivity index (χ3v) is 3.33. The summed E-state index contributed by atoms with van der Waals surface area (Å²) in [6.45, 7) is 0. The van der Waals surface area contributed by atoms with Crippen molar-refractivity contribution in [2.45, 2.75) is 24.7 Å². The van der Waals surface area contributed by atoms with Crippen molar-refractivity contribution < 1.29 is 9.90 Å². The van der Waals surface area contributed by atoms with Crippen LogP contribution in [-0.2, 0) is 10.2 Å². The van der Waals surface area contributed by atoms with Gasteiger partial charge in [0.1, 0.15) is 4.60 Å². The minimum atomic E-state index is -0.749. The minimum Gasteiger partial charge on any atom is -0.481 e. The predicted octanol–water partition coefficient (Wildman–Crippen LogP) is 1.68. The first-order valence-corrected chi connectivity index (χ1v) is 4.89. The largest absolute Gasteiger partial charge is 0.481 e. The number of nitrogens with zero attached hydrogens (tertiary/aromatic N) is 1. The molecule has 0 aliphatic heterocycles. The lowest BCUT2D eigenvalue weighted by Crippen LogP contribution is -2.42. The predicted molar refractivity (Wildman–Crippen MR) is 49.5 cm³/mol. The molecule has 0 aromatic carbocycles. The molecule has 2 rings (SSSR count).